The summed E-state index contributed by atoms with van der Waals surface area (Å²) in [6, 6.07) is 4.19. The van der Waals surface area contributed by atoms with Crippen LogP contribution in [0.15, 0.2) is 12.1 Å². The molecule has 2 N–H and O–H groups in total. The van der Waals surface area contributed by atoms with Crippen molar-refractivity contribution in [1.29, 1.82) is 0 Å². The van der Waals surface area contributed by atoms with Crippen LogP contribution in [0.3, 0.4) is 0 Å². The predicted octanol–water partition coefficient (Wildman–Crippen LogP) is 0.570. The quantitative estimate of drug-likeness (QED) is 0.785. The maximum absolute atomic E-state index is 11.1. The average Bonchev–Trinajstić information content (AvgIpc) is 2.70. The van der Waals surface area contributed by atoms with E-state index in [0.717, 1.165) is 44.1 Å². The standard InChI is InChI=1S/C14H20N4O2/c19-14(20)18-7-3-11-1-2-13(16-12(11)4-8-18)17-9-5-15-6-10-17/h1-2,15H,3-10H2,(H,19,20). The zero-order valence-electron chi connectivity index (χ0n) is 11.5. The number of amides is 1. The lowest BCUT2D eigenvalue weighted by Crippen LogP contribution is -2.44. The molecule has 6 nitrogen and oxygen atoms in total. The van der Waals surface area contributed by atoms with Gasteiger partial charge in [-0.15, -0.1) is 0 Å². The molecule has 3 heterocycles. The Balaban J connectivity index is 1.78. The van der Waals surface area contributed by atoms with Gasteiger partial charge in [-0.25, -0.2) is 9.78 Å². The molecule has 0 unspecified atom stereocenters. The molecular weight excluding hydrogens is 256 g/mol. The molecule has 3 rings (SSSR count). The fourth-order valence-corrected chi connectivity index (χ4v) is 2.83. The first-order valence-electron chi connectivity index (χ1n) is 7.16. The maximum Gasteiger partial charge on any atom is 0.407 e. The van der Waals surface area contributed by atoms with Crippen molar-refractivity contribution < 1.29 is 9.90 Å². The summed E-state index contributed by atoms with van der Waals surface area (Å²) in [5.41, 5.74) is 2.25. The van der Waals surface area contributed by atoms with Gasteiger partial charge in [0.05, 0.1) is 0 Å². The van der Waals surface area contributed by atoms with Gasteiger partial charge in [0.25, 0.3) is 0 Å². The molecule has 0 saturated carbocycles. The van der Waals surface area contributed by atoms with E-state index in [0.29, 0.717) is 19.5 Å². The first-order chi connectivity index (χ1) is 9.74. The maximum atomic E-state index is 11.1. The number of nitrogens with one attached hydrogen (secondary N) is 1. The normalized spacial score (nSPS) is 19.4. The number of hydrogen-bond donors (Lipinski definition) is 2. The molecule has 0 spiro atoms. The molecule has 0 radical (unpaired) electrons. The zero-order chi connectivity index (χ0) is 13.9. The van der Waals surface area contributed by atoms with Gasteiger partial charge in [0.15, 0.2) is 0 Å². The van der Waals surface area contributed by atoms with E-state index >= 15 is 0 Å². The molecule has 2 aliphatic heterocycles. The second-order valence-electron chi connectivity index (χ2n) is 5.28. The Hall–Kier alpha value is -1.82. The molecule has 108 valence electrons. The highest BCUT2D eigenvalue weighted by Crippen LogP contribution is 2.19. The highest BCUT2D eigenvalue weighted by molar-refractivity contribution is 5.65. The van der Waals surface area contributed by atoms with Crippen molar-refractivity contribution in [1.82, 2.24) is 15.2 Å². The summed E-state index contributed by atoms with van der Waals surface area (Å²) in [4.78, 5) is 19.6. The van der Waals surface area contributed by atoms with E-state index in [1.165, 1.54) is 10.5 Å². The van der Waals surface area contributed by atoms with Crippen LogP contribution >= 0.6 is 0 Å². The number of carboxylic acid groups (broad SMARTS) is 1. The molecule has 0 aromatic carbocycles. The average molecular weight is 276 g/mol. The number of fused-ring (bicyclic) bond motifs is 1. The largest absolute Gasteiger partial charge is 0.465 e. The minimum Gasteiger partial charge on any atom is -0.465 e. The number of aromatic nitrogens is 1. The minimum absolute atomic E-state index is 0.542. The topological polar surface area (TPSA) is 68.7 Å². The summed E-state index contributed by atoms with van der Waals surface area (Å²) >= 11 is 0. The van der Waals surface area contributed by atoms with Gasteiger partial charge in [-0.3, -0.25) is 0 Å². The van der Waals surface area contributed by atoms with Crippen molar-refractivity contribution in [3.05, 3.63) is 23.4 Å². The Kier molecular flexibility index (Phi) is 3.73. The van der Waals surface area contributed by atoms with Gasteiger partial charge in [0, 0.05) is 51.4 Å². The van der Waals surface area contributed by atoms with Crippen LogP contribution in [0, 0.1) is 0 Å². The lowest BCUT2D eigenvalue weighted by molar-refractivity contribution is 0.147. The van der Waals surface area contributed by atoms with Crippen molar-refractivity contribution in [3.63, 3.8) is 0 Å². The van der Waals surface area contributed by atoms with Crippen LogP contribution < -0.4 is 10.2 Å². The second-order valence-corrected chi connectivity index (χ2v) is 5.28. The monoisotopic (exact) mass is 276 g/mol. The van der Waals surface area contributed by atoms with Gasteiger partial charge in [0.2, 0.25) is 0 Å². The lowest BCUT2D eigenvalue weighted by atomic mass is 10.1. The van der Waals surface area contributed by atoms with E-state index in [-0.39, 0.29) is 0 Å². The number of hydrogen-bond acceptors (Lipinski definition) is 4. The number of carbonyl (C=O) groups is 1. The number of nitrogens with zero attached hydrogens (tertiary/aromatic N) is 3. The molecule has 20 heavy (non-hydrogen) atoms. The molecule has 1 fully saturated rings. The van der Waals surface area contributed by atoms with E-state index < -0.39 is 6.09 Å². The van der Waals surface area contributed by atoms with E-state index in [1.54, 1.807) is 0 Å². The van der Waals surface area contributed by atoms with Crippen LogP contribution in [-0.4, -0.2) is 60.4 Å². The summed E-state index contributed by atoms with van der Waals surface area (Å²) in [7, 11) is 0. The zero-order valence-corrected chi connectivity index (χ0v) is 11.5. The molecule has 1 amide bonds. The Labute approximate surface area is 118 Å². The molecule has 0 aliphatic carbocycles. The number of anilines is 1. The highest BCUT2D eigenvalue weighted by Gasteiger charge is 2.20. The second kappa shape index (κ2) is 5.66. The van der Waals surface area contributed by atoms with Gasteiger partial charge < -0.3 is 20.2 Å². The smallest absolute Gasteiger partial charge is 0.407 e. The van der Waals surface area contributed by atoms with Crippen molar-refractivity contribution in [2.24, 2.45) is 0 Å². The van der Waals surface area contributed by atoms with Crippen LogP contribution in [0.5, 0.6) is 0 Å². The third kappa shape index (κ3) is 2.70. The van der Waals surface area contributed by atoms with E-state index in [2.05, 4.69) is 22.3 Å². The van der Waals surface area contributed by atoms with Crippen molar-refractivity contribution in [2.75, 3.05) is 44.2 Å². The Bertz CT molecular complexity index is 500. The Morgan fingerprint density at radius 2 is 1.90 bits per heavy atom. The highest BCUT2D eigenvalue weighted by atomic mass is 16.4. The van der Waals surface area contributed by atoms with Crippen LogP contribution in [-0.2, 0) is 12.8 Å². The van der Waals surface area contributed by atoms with Gasteiger partial charge in [-0.05, 0) is 18.1 Å². The van der Waals surface area contributed by atoms with E-state index in [1.807, 2.05) is 0 Å². The SMILES string of the molecule is O=C(O)N1CCc2ccc(N3CCNCC3)nc2CC1. The minimum atomic E-state index is -0.833. The van der Waals surface area contributed by atoms with Crippen molar-refractivity contribution >= 4 is 11.9 Å². The molecule has 0 atom stereocenters. The summed E-state index contributed by atoms with van der Waals surface area (Å²) in [6.45, 7) is 5.05. The molecule has 1 aromatic rings. The molecule has 1 saturated heterocycles. The fraction of sp³-hybridized carbons (Fsp3) is 0.571. The molecular formula is C14H20N4O2. The summed E-state index contributed by atoms with van der Waals surface area (Å²) < 4.78 is 0. The summed E-state index contributed by atoms with van der Waals surface area (Å²) in [5, 5.41) is 12.4. The third-order valence-electron chi connectivity index (χ3n) is 4.03. The summed E-state index contributed by atoms with van der Waals surface area (Å²) in [5.74, 6) is 1.02. The first kappa shape index (κ1) is 13.2. The molecule has 0 bridgehead atoms. The van der Waals surface area contributed by atoms with Crippen LogP contribution in [0.4, 0.5) is 10.6 Å². The van der Waals surface area contributed by atoms with Crippen molar-refractivity contribution in [2.45, 2.75) is 12.8 Å². The molecule has 2 aliphatic rings. The number of piperazine rings is 1. The van der Waals surface area contributed by atoms with Crippen LogP contribution in [0.2, 0.25) is 0 Å². The molecule has 1 aromatic heterocycles. The van der Waals surface area contributed by atoms with Crippen LogP contribution in [0.1, 0.15) is 11.3 Å². The van der Waals surface area contributed by atoms with Crippen molar-refractivity contribution in [3.8, 4) is 0 Å². The summed E-state index contributed by atoms with van der Waals surface area (Å²) in [6.07, 6.45) is 0.637. The van der Waals surface area contributed by atoms with Gasteiger partial charge in [-0.2, -0.15) is 0 Å². The van der Waals surface area contributed by atoms with Gasteiger partial charge in [0.1, 0.15) is 5.82 Å². The van der Waals surface area contributed by atoms with E-state index in [4.69, 9.17) is 10.1 Å². The van der Waals surface area contributed by atoms with E-state index in [9.17, 15) is 4.79 Å². The fourth-order valence-electron chi connectivity index (χ4n) is 2.83. The Morgan fingerprint density at radius 1 is 1.15 bits per heavy atom. The van der Waals surface area contributed by atoms with Gasteiger partial charge >= 0.3 is 6.09 Å². The third-order valence-corrected chi connectivity index (χ3v) is 4.03. The van der Waals surface area contributed by atoms with Gasteiger partial charge in [-0.1, -0.05) is 6.07 Å². The lowest BCUT2D eigenvalue weighted by Gasteiger charge is -2.29. The first-order valence-corrected chi connectivity index (χ1v) is 7.16. The predicted molar refractivity (Wildman–Crippen MR) is 76.3 cm³/mol. The van der Waals surface area contributed by atoms with Crippen LogP contribution in [0.25, 0.3) is 0 Å². The number of pyridine rings is 1. The Morgan fingerprint density at radius 3 is 2.65 bits per heavy atom. The molecule has 6 heteroatoms. The number of rotatable bonds is 1.